The fourth-order valence-electron chi connectivity index (χ4n) is 2.99. The third kappa shape index (κ3) is 3.60. The Hall–Kier alpha value is -0.740. The van der Waals surface area contributed by atoms with E-state index in [4.69, 9.17) is 0 Å². The lowest BCUT2D eigenvalue weighted by Crippen LogP contribution is -2.73. The van der Waals surface area contributed by atoms with Crippen LogP contribution in [0.25, 0.3) is 0 Å². The van der Waals surface area contributed by atoms with Crippen LogP contribution in [-0.2, 0) is 9.59 Å². The van der Waals surface area contributed by atoms with Crippen LogP contribution in [-0.4, -0.2) is 80.6 Å². The Morgan fingerprint density at radius 2 is 1.45 bits per heavy atom. The number of fused-ring (bicyclic) bond motifs is 2. The van der Waals surface area contributed by atoms with Gasteiger partial charge in [-0.15, -0.1) is 0 Å². The van der Waals surface area contributed by atoms with E-state index in [2.05, 4.69) is 31.9 Å². The minimum Gasteiger partial charge on any atom is -0.322 e. The number of amides is 2. The monoisotopic (exact) mass is 440 g/mol. The van der Waals surface area contributed by atoms with Gasteiger partial charge in [0.1, 0.15) is 0 Å². The molecular weight excluding hydrogens is 424 g/mol. The van der Waals surface area contributed by atoms with Crippen molar-refractivity contribution < 1.29 is 14.5 Å². The molecule has 2 amide bonds. The third-order valence-corrected chi connectivity index (χ3v) is 4.73. The molecule has 2 aliphatic rings. The molecule has 2 rings (SSSR count). The lowest BCUT2D eigenvalue weighted by molar-refractivity contribution is -0.579. The van der Waals surface area contributed by atoms with Crippen LogP contribution >= 0.6 is 31.9 Å². The summed E-state index contributed by atoms with van der Waals surface area (Å²) in [6.07, 6.45) is 0.627. The lowest BCUT2D eigenvalue weighted by atomic mass is 9.93. The van der Waals surface area contributed by atoms with Crippen molar-refractivity contribution in [2.24, 2.45) is 0 Å². The number of carbonyl (C=O) groups excluding carboxylic acids is 2. The van der Waals surface area contributed by atoms with Gasteiger partial charge < -0.3 is 9.80 Å². The zero-order valence-corrected chi connectivity index (χ0v) is 15.2. The summed E-state index contributed by atoms with van der Waals surface area (Å²) in [6, 6.07) is 0. The predicted octanol–water partition coefficient (Wildman–Crippen LogP) is 0.473. The van der Waals surface area contributed by atoms with Gasteiger partial charge in [0.05, 0.1) is 33.0 Å². The van der Waals surface area contributed by atoms with E-state index in [0.29, 0.717) is 36.8 Å². The van der Waals surface area contributed by atoms with Gasteiger partial charge in [-0.25, -0.2) is 0 Å². The summed E-state index contributed by atoms with van der Waals surface area (Å²) in [7, 11) is 0. The SMILES string of the molecule is O=C(CCBr)N1CN2CN(C(=O)CCBr)CC([N+](=O)[O-])(C2)C1. The molecule has 0 aliphatic carbocycles. The number of nitrogens with zero attached hydrogens (tertiary/aromatic N) is 4. The van der Waals surface area contributed by atoms with E-state index < -0.39 is 5.54 Å². The largest absolute Gasteiger partial charge is 0.322 e. The first kappa shape index (κ1) is 17.6. The normalized spacial score (nSPS) is 27.6. The quantitative estimate of drug-likeness (QED) is 0.351. The molecule has 0 N–H and O–H groups in total. The first-order chi connectivity index (χ1) is 10.4. The molecule has 22 heavy (non-hydrogen) atoms. The number of hydrogen-bond donors (Lipinski definition) is 0. The standard InChI is InChI=1S/C12H18Br2N4O4/c13-3-1-10(19)16-6-12(18(21)22)5-15(8-16)9-17(7-12)11(20)2-4-14/h1-9H2. The van der Waals surface area contributed by atoms with Crippen molar-refractivity contribution in [1.29, 1.82) is 0 Å². The number of alkyl halides is 2. The van der Waals surface area contributed by atoms with Gasteiger partial charge in [-0.05, 0) is 0 Å². The Labute approximate surface area is 145 Å². The maximum Gasteiger partial charge on any atom is 0.269 e. The lowest BCUT2D eigenvalue weighted by Gasteiger charge is -2.49. The summed E-state index contributed by atoms with van der Waals surface area (Å²) >= 11 is 6.43. The zero-order valence-electron chi connectivity index (χ0n) is 12.0. The Morgan fingerprint density at radius 3 is 1.82 bits per heavy atom. The van der Waals surface area contributed by atoms with Gasteiger partial charge in [0.2, 0.25) is 11.8 Å². The number of rotatable bonds is 5. The molecule has 0 spiro atoms. The number of nitro groups is 1. The number of hydrogen-bond acceptors (Lipinski definition) is 5. The summed E-state index contributed by atoms with van der Waals surface area (Å²) in [5.74, 6) is -0.207. The molecule has 0 aromatic rings. The second-order valence-corrected chi connectivity index (χ2v) is 7.24. The zero-order chi connectivity index (χ0) is 16.3. The van der Waals surface area contributed by atoms with Crippen LogP contribution in [0.2, 0.25) is 0 Å². The molecule has 0 unspecified atom stereocenters. The smallest absolute Gasteiger partial charge is 0.269 e. The molecule has 0 saturated carbocycles. The maximum atomic E-state index is 12.1. The molecule has 2 saturated heterocycles. The molecule has 124 valence electrons. The third-order valence-electron chi connectivity index (χ3n) is 3.94. The van der Waals surface area contributed by atoms with E-state index in [0.717, 1.165) is 0 Å². The summed E-state index contributed by atoms with van der Waals surface area (Å²) in [5.41, 5.74) is -1.29. The van der Waals surface area contributed by atoms with Crippen LogP contribution in [0.3, 0.4) is 0 Å². The van der Waals surface area contributed by atoms with Crippen molar-refractivity contribution in [3.63, 3.8) is 0 Å². The molecule has 2 fully saturated rings. The first-order valence-electron chi connectivity index (χ1n) is 6.96. The van der Waals surface area contributed by atoms with E-state index in [1.165, 1.54) is 9.80 Å². The molecule has 2 heterocycles. The maximum absolute atomic E-state index is 12.1. The van der Waals surface area contributed by atoms with Crippen molar-refractivity contribution in [3.05, 3.63) is 10.1 Å². The van der Waals surface area contributed by atoms with Crippen LogP contribution in [0.5, 0.6) is 0 Å². The average Bonchev–Trinajstić information content (AvgIpc) is 2.46. The van der Waals surface area contributed by atoms with E-state index in [9.17, 15) is 19.7 Å². The highest BCUT2D eigenvalue weighted by atomic mass is 79.9. The molecular formula is C12H18Br2N4O4. The second-order valence-electron chi connectivity index (χ2n) is 5.65. The second kappa shape index (κ2) is 7.22. The Kier molecular flexibility index (Phi) is 5.78. The molecule has 8 nitrogen and oxygen atoms in total. The van der Waals surface area contributed by atoms with Crippen LogP contribution in [0.15, 0.2) is 0 Å². The molecule has 10 heteroatoms. The van der Waals surface area contributed by atoms with Crippen LogP contribution in [0.4, 0.5) is 0 Å². The van der Waals surface area contributed by atoms with Crippen molar-refractivity contribution in [1.82, 2.24) is 14.7 Å². The molecule has 2 bridgehead atoms. The Morgan fingerprint density at radius 1 is 1.00 bits per heavy atom. The van der Waals surface area contributed by atoms with Crippen molar-refractivity contribution in [2.75, 3.05) is 43.6 Å². The highest BCUT2D eigenvalue weighted by Gasteiger charge is 2.55. The fraction of sp³-hybridized carbons (Fsp3) is 0.833. The molecule has 0 aromatic heterocycles. The van der Waals surface area contributed by atoms with Gasteiger partial charge in [-0.3, -0.25) is 24.6 Å². The highest BCUT2D eigenvalue weighted by molar-refractivity contribution is 9.09. The molecule has 0 atom stereocenters. The fourth-order valence-corrected chi connectivity index (χ4v) is 3.67. The number of halogens is 2. The summed E-state index contributed by atoms with van der Waals surface area (Å²) < 4.78 is 0. The van der Waals surface area contributed by atoms with Gasteiger partial charge >= 0.3 is 0 Å². The van der Waals surface area contributed by atoms with E-state index >= 15 is 0 Å². The topological polar surface area (TPSA) is 87.0 Å². The van der Waals surface area contributed by atoms with Crippen molar-refractivity contribution in [3.8, 4) is 0 Å². The molecule has 0 aromatic carbocycles. The van der Waals surface area contributed by atoms with Gasteiger partial charge in [0.15, 0.2) is 0 Å². The summed E-state index contributed by atoms with van der Waals surface area (Å²) in [4.78, 5) is 40.3. The van der Waals surface area contributed by atoms with E-state index in [1.807, 2.05) is 0 Å². The highest BCUT2D eigenvalue weighted by Crippen LogP contribution is 2.27. The van der Waals surface area contributed by atoms with Crippen molar-refractivity contribution in [2.45, 2.75) is 18.4 Å². The minimum atomic E-state index is -1.29. The first-order valence-corrected chi connectivity index (χ1v) is 9.20. The van der Waals surface area contributed by atoms with Crippen LogP contribution in [0.1, 0.15) is 12.8 Å². The van der Waals surface area contributed by atoms with Gasteiger partial charge in [-0.2, -0.15) is 0 Å². The predicted molar refractivity (Wildman–Crippen MR) is 86.4 cm³/mol. The van der Waals surface area contributed by atoms with Crippen LogP contribution in [0, 0.1) is 10.1 Å². The van der Waals surface area contributed by atoms with Gasteiger partial charge in [-0.1, -0.05) is 31.9 Å². The van der Waals surface area contributed by atoms with E-state index in [-0.39, 0.29) is 36.4 Å². The summed E-state index contributed by atoms with van der Waals surface area (Å²) in [5, 5.41) is 12.7. The van der Waals surface area contributed by atoms with Crippen LogP contribution < -0.4 is 0 Å². The minimum absolute atomic E-state index is 0.0560. The van der Waals surface area contributed by atoms with Gasteiger partial charge in [0, 0.05) is 28.4 Å². The van der Waals surface area contributed by atoms with E-state index in [1.54, 1.807) is 4.90 Å². The number of carbonyl (C=O) groups is 2. The average molecular weight is 442 g/mol. The van der Waals surface area contributed by atoms with Gasteiger partial charge in [0.25, 0.3) is 5.54 Å². The Bertz CT molecular complexity index is 446. The molecule has 2 aliphatic heterocycles. The molecule has 0 radical (unpaired) electrons. The summed E-state index contributed by atoms with van der Waals surface area (Å²) in [6.45, 7) is 1.05. The van der Waals surface area contributed by atoms with Crippen molar-refractivity contribution >= 4 is 43.7 Å². The Balaban J connectivity index is 2.17.